The van der Waals surface area contributed by atoms with Crippen molar-refractivity contribution in [3.8, 4) is 0 Å². The summed E-state index contributed by atoms with van der Waals surface area (Å²) in [6.45, 7) is 5.81. The summed E-state index contributed by atoms with van der Waals surface area (Å²) in [4.78, 5) is 29.2. The Morgan fingerprint density at radius 2 is 2.05 bits per heavy atom. The molecule has 1 unspecified atom stereocenters. The van der Waals surface area contributed by atoms with Gasteiger partial charge in [0.15, 0.2) is 0 Å². The SMILES string of the molecule is COC(=O)C(C)CN(C)c1nc(C)cc(C)c1C(N)=O. The van der Waals surface area contributed by atoms with Gasteiger partial charge in [0.2, 0.25) is 0 Å². The number of ether oxygens (including phenoxy) is 1. The third-order valence-electron chi connectivity index (χ3n) is 3.08. The van der Waals surface area contributed by atoms with Crippen molar-refractivity contribution in [3.63, 3.8) is 0 Å². The molecule has 1 heterocycles. The maximum Gasteiger partial charge on any atom is 0.310 e. The minimum absolute atomic E-state index is 0.304. The number of hydrogen-bond donors (Lipinski definition) is 1. The molecular weight excluding hydrogens is 258 g/mol. The third kappa shape index (κ3) is 3.46. The summed E-state index contributed by atoms with van der Waals surface area (Å²) in [6, 6.07) is 1.81. The summed E-state index contributed by atoms with van der Waals surface area (Å²) in [5, 5.41) is 0. The Balaban J connectivity index is 3.12. The number of methoxy groups -OCH3 is 1. The maximum absolute atomic E-state index is 11.6. The molecule has 1 aromatic rings. The molecule has 2 N–H and O–H groups in total. The third-order valence-corrected chi connectivity index (χ3v) is 3.08. The molecule has 0 aliphatic rings. The van der Waals surface area contributed by atoms with Crippen LogP contribution in [0.4, 0.5) is 5.82 Å². The highest BCUT2D eigenvalue weighted by Gasteiger charge is 2.21. The lowest BCUT2D eigenvalue weighted by molar-refractivity contribution is -0.144. The number of pyridine rings is 1. The van der Waals surface area contributed by atoms with Crippen LogP contribution in [0.2, 0.25) is 0 Å². The van der Waals surface area contributed by atoms with Crippen LogP contribution < -0.4 is 10.6 Å². The predicted octanol–water partition coefficient (Wildman–Crippen LogP) is 1.04. The topological polar surface area (TPSA) is 85.5 Å². The highest BCUT2D eigenvalue weighted by molar-refractivity contribution is 5.99. The Bertz CT molecular complexity index is 529. The van der Waals surface area contributed by atoms with E-state index in [-0.39, 0.29) is 11.9 Å². The summed E-state index contributed by atoms with van der Waals surface area (Å²) < 4.78 is 4.70. The van der Waals surface area contributed by atoms with Crippen LogP contribution in [0.25, 0.3) is 0 Å². The lowest BCUT2D eigenvalue weighted by Gasteiger charge is -2.24. The van der Waals surface area contributed by atoms with E-state index in [0.717, 1.165) is 11.3 Å². The normalized spacial score (nSPS) is 11.8. The highest BCUT2D eigenvalue weighted by atomic mass is 16.5. The van der Waals surface area contributed by atoms with Gasteiger partial charge in [-0.2, -0.15) is 0 Å². The van der Waals surface area contributed by atoms with E-state index >= 15 is 0 Å². The Hall–Kier alpha value is -2.11. The summed E-state index contributed by atoms with van der Waals surface area (Å²) in [5.41, 5.74) is 7.37. The number of nitrogens with zero attached hydrogens (tertiary/aromatic N) is 2. The smallest absolute Gasteiger partial charge is 0.310 e. The molecule has 0 saturated heterocycles. The second kappa shape index (κ2) is 6.36. The van der Waals surface area contributed by atoms with Crippen LogP contribution in [-0.2, 0) is 9.53 Å². The second-order valence-electron chi connectivity index (χ2n) is 4.95. The van der Waals surface area contributed by atoms with E-state index in [0.29, 0.717) is 17.9 Å². The number of hydrogen-bond acceptors (Lipinski definition) is 5. The van der Waals surface area contributed by atoms with Gasteiger partial charge in [0.1, 0.15) is 5.82 Å². The molecule has 1 amide bonds. The fourth-order valence-corrected chi connectivity index (χ4v) is 2.17. The molecule has 110 valence electrons. The average Bonchev–Trinajstić information content (AvgIpc) is 2.35. The molecule has 0 fully saturated rings. The number of aryl methyl sites for hydroxylation is 2. The van der Waals surface area contributed by atoms with Gasteiger partial charge in [-0.1, -0.05) is 6.92 Å². The van der Waals surface area contributed by atoms with E-state index in [2.05, 4.69) is 4.98 Å². The van der Waals surface area contributed by atoms with Crippen LogP contribution in [-0.4, -0.2) is 37.6 Å². The van der Waals surface area contributed by atoms with Crippen molar-refractivity contribution in [3.05, 3.63) is 22.9 Å². The molecule has 0 bridgehead atoms. The van der Waals surface area contributed by atoms with Gasteiger partial charge in [0.25, 0.3) is 5.91 Å². The van der Waals surface area contributed by atoms with Crippen molar-refractivity contribution >= 4 is 17.7 Å². The standard InChI is InChI=1S/C14H21N3O3/c1-8-6-10(3)16-13(11(8)12(15)18)17(4)7-9(2)14(19)20-5/h6,9H,7H2,1-5H3,(H2,15,18). The van der Waals surface area contributed by atoms with Crippen molar-refractivity contribution in [2.24, 2.45) is 11.7 Å². The van der Waals surface area contributed by atoms with Crippen molar-refractivity contribution in [2.45, 2.75) is 20.8 Å². The molecule has 0 aliphatic heterocycles. The van der Waals surface area contributed by atoms with Gasteiger partial charge in [-0.3, -0.25) is 9.59 Å². The molecule has 0 saturated carbocycles. The molecule has 6 heteroatoms. The average molecular weight is 279 g/mol. The Labute approximate surface area is 118 Å². The number of amides is 1. The number of carbonyl (C=O) groups excluding carboxylic acids is 2. The lowest BCUT2D eigenvalue weighted by atomic mass is 10.1. The Morgan fingerprint density at radius 1 is 1.45 bits per heavy atom. The molecule has 20 heavy (non-hydrogen) atoms. The van der Waals surface area contributed by atoms with Crippen LogP contribution in [0.3, 0.4) is 0 Å². The fraction of sp³-hybridized carbons (Fsp3) is 0.500. The number of esters is 1. The number of primary amides is 1. The van der Waals surface area contributed by atoms with E-state index in [4.69, 9.17) is 10.5 Å². The summed E-state index contributed by atoms with van der Waals surface area (Å²) >= 11 is 0. The number of anilines is 1. The molecule has 1 aromatic heterocycles. The molecular formula is C14H21N3O3. The molecule has 1 rings (SSSR count). The molecule has 0 spiro atoms. The summed E-state index contributed by atoms with van der Waals surface area (Å²) in [7, 11) is 3.12. The first-order valence-corrected chi connectivity index (χ1v) is 6.35. The van der Waals surface area contributed by atoms with E-state index < -0.39 is 5.91 Å². The minimum Gasteiger partial charge on any atom is -0.469 e. The number of carbonyl (C=O) groups is 2. The van der Waals surface area contributed by atoms with Gasteiger partial charge in [-0.15, -0.1) is 0 Å². The molecule has 0 aliphatic carbocycles. The van der Waals surface area contributed by atoms with E-state index in [1.807, 2.05) is 13.8 Å². The van der Waals surface area contributed by atoms with E-state index in [1.54, 1.807) is 24.9 Å². The van der Waals surface area contributed by atoms with Gasteiger partial charge < -0.3 is 15.4 Å². The van der Waals surface area contributed by atoms with Gasteiger partial charge in [0, 0.05) is 19.3 Å². The molecule has 6 nitrogen and oxygen atoms in total. The van der Waals surface area contributed by atoms with Crippen molar-refractivity contribution in [1.82, 2.24) is 4.98 Å². The molecule has 1 atom stereocenters. The Kier molecular flexibility index (Phi) is 5.07. The van der Waals surface area contributed by atoms with Crippen LogP contribution >= 0.6 is 0 Å². The largest absolute Gasteiger partial charge is 0.469 e. The maximum atomic E-state index is 11.6. The van der Waals surface area contributed by atoms with Gasteiger partial charge in [0.05, 0.1) is 18.6 Å². The summed E-state index contributed by atoms with van der Waals surface area (Å²) in [5.74, 6) is -0.663. The second-order valence-corrected chi connectivity index (χ2v) is 4.95. The van der Waals surface area contributed by atoms with Gasteiger partial charge in [-0.25, -0.2) is 4.98 Å². The van der Waals surface area contributed by atoms with E-state index in [9.17, 15) is 9.59 Å². The van der Waals surface area contributed by atoms with Crippen LogP contribution in [0.5, 0.6) is 0 Å². The number of nitrogens with two attached hydrogens (primary N) is 1. The van der Waals surface area contributed by atoms with Crippen LogP contribution in [0.1, 0.15) is 28.5 Å². The monoisotopic (exact) mass is 279 g/mol. The van der Waals surface area contributed by atoms with E-state index in [1.165, 1.54) is 7.11 Å². The first kappa shape index (κ1) is 15.9. The zero-order valence-corrected chi connectivity index (χ0v) is 12.6. The van der Waals surface area contributed by atoms with Crippen molar-refractivity contribution < 1.29 is 14.3 Å². The first-order valence-electron chi connectivity index (χ1n) is 6.35. The fourth-order valence-electron chi connectivity index (χ4n) is 2.17. The lowest BCUT2D eigenvalue weighted by Crippen LogP contribution is -2.32. The number of aromatic nitrogens is 1. The zero-order chi connectivity index (χ0) is 15.4. The zero-order valence-electron chi connectivity index (χ0n) is 12.6. The first-order chi connectivity index (χ1) is 9.27. The van der Waals surface area contributed by atoms with Crippen LogP contribution in [0, 0.1) is 19.8 Å². The molecule has 0 aromatic carbocycles. The quantitative estimate of drug-likeness (QED) is 0.814. The predicted molar refractivity (Wildman–Crippen MR) is 76.7 cm³/mol. The van der Waals surface area contributed by atoms with Gasteiger partial charge in [-0.05, 0) is 25.5 Å². The minimum atomic E-state index is -0.525. The number of rotatable bonds is 5. The van der Waals surface area contributed by atoms with Gasteiger partial charge >= 0.3 is 5.97 Å². The van der Waals surface area contributed by atoms with Crippen LogP contribution in [0.15, 0.2) is 6.07 Å². The van der Waals surface area contributed by atoms with Crippen molar-refractivity contribution in [1.29, 1.82) is 0 Å². The highest BCUT2D eigenvalue weighted by Crippen LogP contribution is 2.22. The molecule has 0 radical (unpaired) electrons. The Morgan fingerprint density at radius 3 is 2.55 bits per heavy atom. The summed E-state index contributed by atoms with van der Waals surface area (Å²) in [6.07, 6.45) is 0. The van der Waals surface area contributed by atoms with Crippen molar-refractivity contribution in [2.75, 3.05) is 25.6 Å².